The van der Waals surface area contributed by atoms with Crippen LogP contribution in [0.15, 0.2) is 23.1 Å². The van der Waals surface area contributed by atoms with Gasteiger partial charge >= 0.3 is 5.97 Å². The number of hydrogen-bond donors (Lipinski definition) is 2. The van der Waals surface area contributed by atoms with Gasteiger partial charge in [0.2, 0.25) is 0 Å². The Hall–Kier alpha value is -1.80. The van der Waals surface area contributed by atoms with Crippen LogP contribution in [0.1, 0.15) is 5.56 Å². The zero-order valence-corrected chi connectivity index (χ0v) is 8.64. The number of nitrogens with zero attached hydrogens (tertiary/aromatic N) is 1. The van der Waals surface area contributed by atoms with Crippen molar-refractivity contribution in [3.63, 3.8) is 0 Å². The summed E-state index contributed by atoms with van der Waals surface area (Å²) in [6, 6.07) is 3.33. The smallest absolute Gasteiger partial charge is 0.307 e. The van der Waals surface area contributed by atoms with E-state index in [1.54, 1.807) is 0 Å². The van der Waals surface area contributed by atoms with Gasteiger partial charge in [0.1, 0.15) is 4.90 Å². The lowest BCUT2D eigenvalue weighted by Crippen LogP contribution is -2.03. The molecule has 0 aliphatic heterocycles. The molecule has 0 fully saturated rings. The van der Waals surface area contributed by atoms with Crippen molar-refractivity contribution in [2.75, 3.05) is 0 Å². The van der Waals surface area contributed by atoms with Crippen LogP contribution < -0.4 is 0 Å². The Morgan fingerprint density at radius 1 is 1.50 bits per heavy atom. The number of carbonyl (C=O) groups is 1. The highest BCUT2D eigenvalue weighted by Crippen LogP contribution is 2.23. The molecular weight excluding hydrogens is 238 g/mol. The van der Waals surface area contributed by atoms with Crippen LogP contribution in [0.25, 0.3) is 0 Å². The molecule has 0 amide bonds. The van der Waals surface area contributed by atoms with E-state index in [9.17, 15) is 19.1 Å². The molecule has 0 aliphatic carbocycles. The Bertz CT molecular complexity index is 472. The fourth-order valence-corrected chi connectivity index (χ4v) is 1.63. The van der Waals surface area contributed by atoms with Crippen molar-refractivity contribution < 1.29 is 23.6 Å². The van der Waals surface area contributed by atoms with Gasteiger partial charge in [-0.25, -0.2) is 4.21 Å². The lowest BCUT2D eigenvalue weighted by atomic mass is 10.1. The van der Waals surface area contributed by atoms with E-state index in [2.05, 4.69) is 0 Å². The van der Waals surface area contributed by atoms with Gasteiger partial charge in [-0.1, -0.05) is 6.07 Å². The predicted octanol–water partition coefficient (Wildman–Crippen LogP) is 0.802. The molecule has 1 aromatic carbocycles. The van der Waals surface area contributed by atoms with E-state index in [0.717, 1.165) is 12.1 Å². The second kappa shape index (κ2) is 4.81. The second-order valence-corrected chi connectivity index (χ2v) is 3.82. The van der Waals surface area contributed by atoms with E-state index in [-0.39, 0.29) is 16.9 Å². The Labute approximate surface area is 92.1 Å². The summed E-state index contributed by atoms with van der Waals surface area (Å²) in [5, 5.41) is 19.1. The summed E-state index contributed by atoms with van der Waals surface area (Å²) in [7, 11) is 0. The third kappa shape index (κ3) is 2.84. The molecule has 7 nitrogen and oxygen atoms in total. The Balaban J connectivity index is 3.22. The summed E-state index contributed by atoms with van der Waals surface area (Å²) in [5.74, 6) is -1.13. The largest absolute Gasteiger partial charge is 0.481 e. The van der Waals surface area contributed by atoms with Gasteiger partial charge in [0.25, 0.3) is 5.69 Å². The molecule has 2 N–H and O–H groups in total. The predicted molar refractivity (Wildman–Crippen MR) is 53.5 cm³/mol. The Morgan fingerprint density at radius 3 is 2.56 bits per heavy atom. The van der Waals surface area contributed by atoms with Crippen molar-refractivity contribution in [3.8, 4) is 0 Å². The monoisotopic (exact) mass is 245 g/mol. The number of rotatable bonds is 4. The van der Waals surface area contributed by atoms with Crippen molar-refractivity contribution in [3.05, 3.63) is 33.9 Å². The molecule has 8 heteroatoms. The first kappa shape index (κ1) is 12.3. The molecule has 0 spiro atoms. The molecule has 1 rings (SSSR count). The first-order valence-corrected chi connectivity index (χ1v) is 5.12. The SMILES string of the molecule is O=C(O)Cc1ccc(S(=O)O)c([N+](=O)[O-])c1. The van der Waals surface area contributed by atoms with Gasteiger partial charge < -0.3 is 9.66 Å². The zero-order chi connectivity index (χ0) is 12.3. The fourth-order valence-electron chi connectivity index (χ4n) is 1.14. The summed E-state index contributed by atoms with van der Waals surface area (Å²) < 4.78 is 19.5. The molecule has 0 bridgehead atoms. The molecule has 1 aromatic rings. The maximum absolute atomic E-state index is 10.8. The van der Waals surface area contributed by atoms with Gasteiger partial charge in [-0.15, -0.1) is 0 Å². The zero-order valence-electron chi connectivity index (χ0n) is 7.82. The van der Waals surface area contributed by atoms with Gasteiger partial charge in [-0.3, -0.25) is 14.9 Å². The first-order chi connectivity index (χ1) is 7.41. The average molecular weight is 245 g/mol. The molecule has 0 aromatic heterocycles. The lowest BCUT2D eigenvalue weighted by molar-refractivity contribution is -0.387. The van der Waals surface area contributed by atoms with Crippen molar-refractivity contribution in [2.24, 2.45) is 0 Å². The fraction of sp³-hybridized carbons (Fsp3) is 0.125. The van der Waals surface area contributed by atoms with Gasteiger partial charge in [-0.2, -0.15) is 0 Å². The van der Waals surface area contributed by atoms with Crippen LogP contribution in [0, 0.1) is 10.1 Å². The van der Waals surface area contributed by atoms with Crippen molar-refractivity contribution in [2.45, 2.75) is 11.3 Å². The van der Waals surface area contributed by atoms with Crippen molar-refractivity contribution in [1.82, 2.24) is 0 Å². The normalized spacial score (nSPS) is 12.1. The number of aliphatic carboxylic acids is 1. The molecule has 0 saturated carbocycles. The maximum Gasteiger partial charge on any atom is 0.307 e. The van der Waals surface area contributed by atoms with Crippen LogP contribution in [0.2, 0.25) is 0 Å². The highest BCUT2D eigenvalue weighted by atomic mass is 32.2. The van der Waals surface area contributed by atoms with E-state index in [0.29, 0.717) is 0 Å². The van der Waals surface area contributed by atoms with Gasteiger partial charge in [-0.05, 0) is 11.6 Å². The van der Waals surface area contributed by atoms with Crippen LogP contribution in [-0.2, 0) is 22.3 Å². The summed E-state index contributed by atoms with van der Waals surface area (Å²) >= 11 is -2.47. The quantitative estimate of drug-likeness (QED) is 0.460. The minimum Gasteiger partial charge on any atom is -0.481 e. The molecule has 0 saturated heterocycles. The van der Waals surface area contributed by atoms with Crippen molar-refractivity contribution in [1.29, 1.82) is 0 Å². The Morgan fingerprint density at radius 2 is 2.12 bits per heavy atom. The number of carboxylic acid groups (broad SMARTS) is 1. The number of carboxylic acids is 1. The van der Waals surface area contributed by atoms with E-state index in [1.807, 2.05) is 0 Å². The number of hydrogen-bond acceptors (Lipinski definition) is 4. The summed E-state index contributed by atoms with van der Waals surface area (Å²) in [6.07, 6.45) is -0.376. The molecule has 0 heterocycles. The highest BCUT2D eigenvalue weighted by molar-refractivity contribution is 7.79. The standard InChI is InChI=1S/C8H7NO6S/c10-8(11)4-5-1-2-7(16(14)15)6(3-5)9(12)13/h1-3H,4H2,(H,10,11)(H,14,15). The third-order valence-electron chi connectivity index (χ3n) is 1.76. The van der Waals surface area contributed by atoms with Crippen LogP contribution in [0.4, 0.5) is 5.69 Å². The molecule has 0 radical (unpaired) electrons. The summed E-state index contributed by atoms with van der Waals surface area (Å²) in [6.45, 7) is 0. The molecule has 16 heavy (non-hydrogen) atoms. The molecule has 0 aliphatic rings. The minimum atomic E-state index is -2.47. The molecule has 86 valence electrons. The van der Waals surface area contributed by atoms with Crippen LogP contribution in [-0.4, -0.2) is 24.8 Å². The first-order valence-electron chi connectivity index (χ1n) is 4.01. The number of nitro groups is 1. The van der Waals surface area contributed by atoms with Crippen LogP contribution >= 0.6 is 0 Å². The Kier molecular flexibility index (Phi) is 3.69. The minimum absolute atomic E-state index is 0.202. The van der Waals surface area contributed by atoms with Crippen LogP contribution in [0.3, 0.4) is 0 Å². The highest BCUT2D eigenvalue weighted by Gasteiger charge is 2.19. The third-order valence-corrected chi connectivity index (χ3v) is 2.48. The number of benzene rings is 1. The van der Waals surface area contributed by atoms with Gasteiger partial charge in [0, 0.05) is 6.07 Å². The summed E-state index contributed by atoms with van der Waals surface area (Å²) in [4.78, 5) is 19.8. The van der Waals surface area contributed by atoms with Gasteiger partial charge in [0.15, 0.2) is 11.1 Å². The van der Waals surface area contributed by atoms with E-state index in [4.69, 9.17) is 9.66 Å². The van der Waals surface area contributed by atoms with Crippen LogP contribution in [0.5, 0.6) is 0 Å². The average Bonchev–Trinajstić information content (AvgIpc) is 2.16. The topological polar surface area (TPSA) is 118 Å². The van der Waals surface area contributed by atoms with Crippen molar-refractivity contribution >= 4 is 22.7 Å². The van der Waals surface area contributed by atoms with E-state index >= 15 is 0 Å². The molecule has 1 atom stereocenters. The van der Waals surface area contributed by atoms with E-state index < -0.39 is 27.7 Å². The van der Waals surface area contributed by atoms with E-state index in [1.165, 1.54) is 6.07 Å². The second-order valence-electron chi connectivity index (χ2n) is 2.88. The molecular formula is C8H7NO6S. The van der Waals surface area contributed by atoms with Gasteiger partial charge in [0.05, 0.1) is 11.3 Å². The molecule has 1 unspecified atom stereocenters. The maximum atomic E-state index is 10.8. The number of nitro benzene ring substituents is 1. The summed E-state index contributed by atoms with van der Waals surface area (Å²) in [5.41, 5.74) is -0.354. The lowest BCUT2D eigenvalue weighted by Gasteiger charge is -2.01.